The van der Waals surface area contributed by atoms with Gasteiger partial charge in [0.15, 0.2) is 0 Å². The normalized spacial score (nSPS) is 10.6. The zero-order chi connectivity index (χ0) is 22.5. The van der Waals surface area contributed by atoms with E-state index in [1.807, 2.05) is 54.6 Å². The molecular formula is C24H20BrN5O2. The molecule has 0 unspecified atom stereocenters. The highest BCUT2D eigenvalue weighted by atomic mass is 79.9. The van der Waals surface area contributed by atoms with Gasteiger partial charge < -0.3 is 10.2 Å². The molecule has 0 saturated carbocycles. The minimum atomic E-state index is -0.312. The molecule has 0 aliphatic heterocycles. The number of para-hydroxylation sites is 2. The zero-order valence-electron chi connectivity index (χ0n) is 17.3. The first-order valence-corrected chi connectivity index (χ1v) is 10.7. The molecule has 32 heavy (non-hydrogen) atoms. The molecule has 2 heterocycles. The standard InChI is InChI=1S/C24H20BrN5O2/c1-29(16-22(31)27-21-12-6-5-11-20(21)25)24(32)19-15-30(18-9-3-2-4-10-18)28-23(19)17-8-7-13-26-14-17/h2-15H,16H2,1H3,(H,27,31). The van der Waals surface area contributed by atoms with Crippen LogP contribution in [-0.4, -0.2) is 45.1 Å². The molecule has 0 aliphatic rings. The van der Waals surface area contributed by atoms with Gasteiger partial charge in [0.05, 0.1) is 23.5 Å². The molecule has 0 spiro atoms. The van der Waals surface area contributed by atoms with Crippen LogP contribution in [0.5, 0.6) is 0 Å². The Bertz CT molecular complexity index is 1240. The third-order valence-electron chi connectivity index (χ3n) is 4.78. The Hall–Kier alpha value is -3.78. The number of carbonyl (C=O) groups excluding carboxylic acids is 2. The number of aromatic nitrogens is 3. The van der Waals surface area contributed by atoms with Crippen molar-refractivity contribution in [3.8, 4) is 16.9 Å². The number of rotatable bonds is 6. The highest BCUT2D eigenvalue weighted by Gasteiger charge is 2.23. The van der Waals surface area contributed by atoms with Gasteiger partial charge in [0.2, 0.25) is 5.91 Å². The maximum atomic E-state index is 13.3. The second-order valence-electron chi connectivity index (χ2n) is 7.10. The first-order valence-electron chi connectivity index (χ1n) is 9.88. The number of anilines is 1. The van der Waals surface area contributed by atoms with Crippen molar-refractivity contribution in [1.29, 1.82) is 0 Å². The van der Waals surface area contributed by atoms with E-state index in [1.54, 1.807) is 42.5 Å². The number of hydrogen-bond acceptors (Lipinski definition) is 4. The van der Waals surface area contributed by atoms with Gasteiger partial charge >= 0.3 is 0 Å². The topological polar surface area (TPSA) is 80.1 Å². The molecule has 2 aromatic carbocycles. The van der Waals surface area contributed by atoms with Crippen molar-refractivity contribution >= 4 is 33.4 Å². The van der Waals surface area contributed by atoms with Gasteiger partial charge in [-0.2, -0.15) is 5.10 Å². The molecule has 7 nitrogen and oxygen atoms in total. The van der Waals surface area contributed by atoms with Gasteiger partial charge in [0.1, 0.15) is 5.69 Å². The molecule has 4 aromatic rings. The van der Waals surface area contributed by atoms with Gasteiger partial charge in [-0.1, -0.05) is 30.3 Å². The number of amides is 2. The van der Waals surface area contributed by atoms with Crippen molar-refractivity contribution in [2.24, 2.45) is 0 Å². The van der Waals surface area contributed by atoms with Crippen molar-refractivity contribution in [3.63, 3.8) is 0 Å². The van der Waals surface area contributed by atoms with Gasteiger partial charge in [0, 0.05) is 35.7 Å². The fraction of sp³-hybridized carbons (Fsp3) is 0.0833. The Morgan fingerprint density at radius 3 is 2.50 bits per heavy atom. The van der Waals surface area contributed by atoms with E-state index in [1.165, 1.54) is 4.90 Å². The van der Waals surface area contributed by atoms with Crippen molar-refractivity contribution < 1.29 is 9.59 Å². The van der Waals surface area contributed by atoms with Gasteiger partial charge in [-0.25, -0.2) is 4.68 Å². The summed E-state index contributed by atoms with van der Waals surface area (Å²) in [6.45, 7) is -0.108. The first-order chi connectivity index (χ1) is 15.5. The molecule has 160 valence electrons. The number of halogens is 1. The maximum absolute atomic E-state index is 13.3. The molecule has 0 aliphatic carbocycles. The number of pyridine rings is 1. The monoisotopic (exact) mass is 489 g/mol. The van der Waals surface area contributed by atoms with Crippen molar-refractivity contribution in [3.05, 3.63) is 95.4 Å². The summed E-state index contributed by atoms with van der Waals surface area (Å²) >= 11 is 3.40. The lowest BCUT2D eigenvalue weighted by molar-refractivity contribution is -0.116. The molecule has 4 rings (SSSR count). The Kier molecular flexibility index (Phi) is 6.42. The van der Waals surface area contributed by atoms with E-state index in [0.29, 0.717) is 16.9 Å². The molecule has 1 N–H and O–H groups in total. The van der Waals surface area contributed by atoms with E-state index < -0.39 is 0 Å². The van der Waals surface area contributed by atoms with Gasteiger partial charge in [-0.05, 0) is 52.3 Å². The summed E-state index contributed by atoms with van der Waals surface area (Å²) < 4.78 is 2.43. The molecule has 0 radical (unpaired) electrons. The summed E-state index contributed by atoms with van der Waals surface area (Å²) in [6.07, 6.45) is 5.01. The number of likely N-dealkylation sites (N-methyl/N-ethyl adjacent to an activating group) is 1. The molecule has 2 aromatic heterocycles. The number of benzene rings is 2. The molecular weight excluding hydrogens is 470 g/mol. The zero-order valence-corrected chi connectivity index (χ0v) is 18.9. The van der Waals surface area contributed by atoms with Crippen LogP contribution in [0.25, 0.3) is 16.9 Å². The van der Waals surface area contributed by atoms with Crippen LogP contribution < -0.4 is 5.32 Å². The Labute approximate surface area is 193 Å². The summed E-state index contributed by atoms with van der Waals surface area (Å²) in [5.74, 6) is -0.612. The SMILES string of the molecule is CN(CC(=O)Nc1ccccc1Br)C(=O)c1cn(-c2ccccc2)nc1-c1cccnc1. The fourth-order valence-electron chi connectivity index (χ4n) is 3.20. The van der Waals surface area contributed by atoms with E-state index in [4.69, 9.17) is 0 Å². The molecule has 0 bridgehead atoms. The van der Waals surface area contributed by atoms with Crippen molar-refractivity contribution in [2.75, 3.05) is 18.9 Å². The Morgan fingerprint density at radius 2 is 1.78 bits per heavy atom. The molecule has 8 heteroatoms. The van der Waals surface area contributed by atoms with Gasteiger partial charge in [-0.3, -0.25) is 14.6 Å². The number of hydrogen-bond donors (Lipinski definition) is 1. The predicted molar refractivity (Wildman–Crippen MR) is 127 cm³/mol. The highest BCUT2D eigenvalue weighted by molar-refractivity contribution is 9.10. The van der Waals surface area contributed by atoms with E-state index in [2.05, 4.69) is 31.3 Å². The molecule has 0 fully saturated rings. The quantitative estimate of drug-likeness (QED) is 0.435. The van der Waals surface area contributed by atoms with Crippen LogP contribution >= 0.6 is 15.9 Å². The first kappa shape index (κ1) is 21.5. The van der Waals surface area contributed by atoms with Gasteiger partial charge in [-0.15, -0.1) is 0 Å². The number of nitrogens with zero attached hydrogens (tertiary/aromatic N) is 4. The van der Waals surface area contributed by atoms with Crippen LogP contribution in [-0.2, 0) is 4.79 Å². The molecule has 0 atom stereocenters. The van der Waals surface area contributed by atoms with Crippen LogP contribution in [0.4, 0.5) is 5.69 Å². The summed E-state index contributed by atoms with van der Waals surface area (Å²) in [7, 11) is 1.59. The van der Waals surface area contributed by atoms with Crippen LogP contribution in [0.15, 0.2) is 89.8 Å². The summed E-state index contributed by atoms with van der Waals surface area (Å²) in [6, 6.07) is 20.5. The number of carbonyl (C=O) groups is 2. The van der Waals surface area contributed by atoms with E-state index in [9.17, 15) is 9.59 Å². The minimum Gasteiger partial charge on any atom is -0.332 e. The fourth-order valence-corrected chi connectivity index (χ4v) is 3.59. The second-order valence-corrected chi connectivity index (χ2v) is 7.96. The molecule has 0 saturated heterocycles. The van der Waals surface area contributed by atoms with E-state index in [-0.39, 0.29) is 18.4 Å². The van der Waals surface area contributed by atoms with Crippen LogP contribution in [0, 0.1) is 0 Å². The Balaban J connectivity index is 1.60. The summed E-state index contributed by atoms with van der Waals surface area (Å²) in [5.41, 5.74) is 3.08. The average molecular weight is 490 g/mol. The lowest BCUT2D eigenvalue weighted by atomic mass is 10.1. The smallest absolute Gasteiger partial charge is 0.257 e. The third kappa shape index (κ3) is 4.76. The Morgan fingerprint density at radius 1 is 1.03 bits per heavy atom. The van der Waals surface area contributed by atoms with E-state index >= 15 is 0 Å². The highest BCUT2D eigenvalue weighted by Crippen LogP contribution is 2.24. The van der Waals surface area contributed by atoms with Crippen molar-refractivity contribution in [2.45, 2.75) is 0 Å². The predicted octanol–water partition coefficient (Wildman–Crippen LogP) is 4.41. The summed E-state index contributed by atoms with van der Waals surface area (Å²) in [4.78, 5) is 31.4. The third-order valence-corrected chi connectivity index (χ3v) is 5.47. The lowest BCUT2D eigenvalue weighted by Crippen LogP contribution is -2.35. The van der Waals surface area contributed by atoms with Crippen LogP contribution in [0.1, 0.15) is 10.4 Å². The van der Waals surface area contributed by atoms with Crippen LogP contribution in [0.2, 0.25) is 0 Å². The average Bonchev–Trinajstić information content (AvgIpc) is 3.27. The maximum Gasteiger partial charge on any atom is 0.257 e. The second kappa shape index (κ2) is 9.57. The summed E-state index contributed by atoms with van der Waals surface area (Å²) in [5, 5.41) is 7.45. The number of nitrogens with one attached hydrogen (secondary N) is 1. The van der Waals surface area contributed by atoms with Crippen molar-refractivity contribution in [1.82, 2.24) is 19.7 Å². The minimum absolute atomic E-state index is 0.108. The lowest BCUT2D eigenvalue weighted by Gasteiger charge is -2.17. The van der Waals surface area contributed by atoms with E-state index in [0.717, 1.165) is 15.7 Å². The van der Waals surface area contributed by atoms with Gasteiger partial charge in [0.25, 0.3) is 5.91 Å². The molecule has 2 amide bonds. The van der Waals surface area contributed by atoms with Crippen LogP contribution in [0.3, 0.4) is 0 Å². The largest absolute Gasteiger partial charge is 0.332 e.